The number of aryl methyl sites for hydroxylation is 1. The molecule has 0 aromatic heterocycles. The lowest BCUT2D eigenvalue weighted by Gasteiger charge is -2.24. The van der Waals surface area contributed by atoms with Gasteiger partial charge in [0.25, 0.3) is 5.91 Å². The van der Waals surface area contributed by atoms with E-state index in [4.69, 9.17) is 18.9 Å². The molecule has 0 saturated carbocycles. The molecule has 3 aromatic carbocycles. The standard InChI is InChI=1S/C28H27NO9/c1-4-17-9-5-6-14-22(17)29-25(30)23(37-27(33)18-10-7-12-20(15-18)35-2)24(26(31)32)38-28(34)19-11-8-13-21(16-19)36-3/h5-16,23-24H,4H2,1-3H3,(H,29,30)(H,31,32)/t23-,24+/m0/s1. The number of benzene rings is 3. The number of nitrogens with one attached hydrogen (secondary N) is 1. The van der Waals surface area contributed by atoms with Crippen molar-refractivity contribution in [2.45, 2.75) is 25.6 Å². The molecule has 0 unspecified atom stereocenters. The third kappa shape index (κ3) is 6.88. The molecule has 38 heavy (non-hydrogen) atoms. The third-order valence-electron chi connectivity index (χ3n) is 5.51. The monoisotopic (exact) mass is 521 g/mol. The molecule has 10 heteroatoms. The van der Waals surface area contributed by atoms with Gasteiger partial charge >= 0.3 is 17.9 Å². The van der Waals surface area contributed by atoms with Crippen LogP contribution in [0.5, 0.6) is 11.5 Å². The number of carboxylic acid groups (broad SMARTS) is 1. The van der Waals surface area contributed by atoms with Crippen LogP contribution in [0, 0.1) is 0 Å². The van der Waals surface area contributed by atoms with Crippen LogP contribution in [-0.2, 0) is 25.5 Å². The lowest BCUT2D eigenvalue weighted by atomic mass is 10.1. The number of carboxylic acids is 1. The first-order valence-corrected chi connectivity index (χ1v) is 11.6. The lowest BCUT2D eigenvalue weighted by molar-refractivity contribution is -0.157. The summed E-state index contributed by atoms with van der Waals surface area (Å²) in [4.78, 5) is 51.4. The van der Waals surface area contributed by atoms with E-state index >= 15 is 0 Å². The van der Waals surface area contributed by atoms with Crippen LogP contribution in [0.25, 0.3) is 0 Å². The van der Waals surface area contributed by atoms with Crippen LogP contribution in [0.4, 0.5) is 5.69 Å². The second-order valence-corrected chi connectivity index (χ2v) is 7.95. The number of hydrogen-bond acceptors (Lipinski definition) is 8. The Morgan fingerprint density at radius 2 is 1.29 bits per heavy atom. The van der Waals surface area contributed by atoms with Gasteiger partial charge in [-0.3, -0.25) is 4.79 Å². The number of carbonyl (C=O) groups is 4. The molecule has 0 spiro atoms. The summed E-state index contributed by atoms with van der Waals surface area (Å²) in [5, 5.41) is 12.5. The molecule has 10 nitrogen and oxygen atoms in total. The van der Waals surface area contributed by atoms with Crippen molar-refractivity contribution in [3.05, 3.63) is 89.5 Å². The van der Waals surface area contributed by atoms with Crippen molar-refractivity contribution in [1.29, 1.82) is 0 Å². The number of amides is 1. The molecular formula is C28H27NO9. The lowest BCUT2D eigenvalue weighted by Crippen LogP contribution is -2.48. The van der Waals surface area contributed by atoms with E-state index in [0.29, 0.717) is 23.6 Å². The highest BCUT2D eigenvalue weighted by Gasteiger charge is 2.41. The van der Waals surface area contributed by atoms with Crippen LogP contribution < -0.4 is 14.8 Å². The van der Waals surface area contributed by atoms with Crippen molar-refractivity contribution in [1.82, 2.24) is 0 Å². The highest BCUT2D eigenvalue weighted by atomic mass is 16.6. The van der Waals surface area contributed by atoms with Crippen molar-refractivity contribution in [2.75, 3.05) is 19.5 Å². The number of rotatable bonds is 11. The first-order chi connectivity index (χ1) is 18.3. The average Bonchev–Trinajstić information content (AvgIpc) is 2.94. The predicted molar refractivity (Wildman–Crippen MR) is 136 cm³/mol. The van der Waals surface area contributed by atoms with Crippen molar-refractivity contribution < 1.29 is 43.2 Å². The fourth-order valence-electron chi connectivity index (χ4n) is 3.52. The fraction of sp³-hybridized carbons (Fsp3) is 0.214. The number of carbonyl (C=O) groups excluding carboxylic acids is 3. The molecule has 0 aliphatic rings. The third-order valence-corrected chi connectivity index (χ3v) is 5.51. The largest absolute Gasteiger partial charge is 0.497 e. The molecule has 3 aromatic rings. The van der Waals surface area contributed by atoms with E-state index in [0.717, 1.165) is 5.56 Å². The Kier molecular flexibility index (Phi) is 9.42. The Hall–Kier alpha value is -4.86. The molecule has 0 heterocycles. The van der Waals surface area contributed by atoms with Gasteiger partial charge in [0, 0.05) is 5.69 Å². The minimum atomic E-state index is -2.17. The van der Waals surface area contributed by atoms with E-state index in [9.17, 15) is 24.3 Å². The van der Waals surface area contributed by atoms with Crippen LogP contribution >= 0.6 is 0 Å². The highest BCUT2D eigenvalue weighted by molar-refractivity contribution is 6.02. The molecule has 0 saturated heterocycles. The van der Waals surface area contributed by atoms with Crippen LogP contribution in [0.3, 0.4) is 0 Å². The summed E-state index contributed by atoms with van der Waals surface area (Å²) in [6, 6.07) is 18.6. The van der Waals surface area contributed by atoms with Gasteiger partial charge in [-0.15, -0.1) is 0 Å². The van der Waals surface area contributed by atoms with Crippen LogP contribution in [0.2, 0.25) is 0 Å². The van der Waals surface area contributed by atoms with Gasteiger partial charge in [0.2, 0.25) is 12.2 Å². The number of ether oxygens (including phenoxy) is 4. The van der Waals surface area contributed by atoms with Gasteiger partial charge in [0.15, 0.2) is 0 Å². The van der Waals surface area contributed by atoms with Crippen molar-refractivity contribution in [2.24, 2.45) is 0 Å². The van der Waals surface area contributed by atoms with E-state index < -0.39 is 36.0 Å². The van der Waals surface area contributed by atoms with Gasteiger partial charge in [-0.25, -0.2) is 14.4 Å². The molecule has 2 N–H and O–H groups in total. The molecule has 0 aliphatic carbocycles. The van der Waals surface area contributed by atoms with Gasteiger partial charge in [0.1, 0.15) is 11.5 Å². The predicted octanol–water partition coefficient (Wildman–Crippen LogP) is 3.74. The molecule has 0 radical (unpaired) electrons. The zero-order chi connectivity index (χ0) is 27.7. The summed E-state index contributed by atoms with van der Waals surface area (Å²) in [6.07, 6.45) is -3.64. The van der Waals surface area contributed by atoms with Gasteiger partial charge < -0.3 is 29.4 Å². The molecule has 0 fully saturated rings. The van der Waals surface area contributed by atoms with Crippen molar-refractivity contribution >= 4 is 29.5 Å². The zero-order valence-electron chi connectivity index (χ0n) is 21.0. The van der Waals surface area contributed by atoms with Crippen molar-refractivity contribution in [3.63, 3.8) is 0 Å². The summed E-state index contributed by atoms with van der Waals surface area (Å²) in [7, 11) is 2.81. The second-order valence-electron chi connectivity index (χ2n) is 7.95. The number of para-hydroxylation sites is 1. The molecular weight excluding hydrogens is 494 g/mol. The van der Waals surface area contributed by atoms with Gasteiger partial charge in [0.05, 0.1) is 25.3 Å². The molecule has 2 atom stereocenters. The van der Waals surface area contributed by atoms with Crippen LogP contribution in [-0.4, -0.2) is 55.3 Å². The summed E-state index contributed by atoms with van der Waals surface area (Å²) in [5.74, 6) is -4.08. The van der Waals surface area contributed by atoms with E-state index in [1.54, 1.807) is 36.4 Å². The topological polar surface area (TPSA) is 137 Å². The molecule has 0 bridgehead atoms. The summed E-state index contributed by atoms with van der Waals surface area (Å²) in [5.41, 5.74) is 1.13. The van der Waals surface area contributed by atoms with E-state index in [2.05, 4.69) is 5.32 Å². The normalized spacial score (nSPS) is 12.0. The number of esters is 2. The maximum Gasteiger partial charge on any atom is 0.349 e. The SMILES string of the molecule is CCc1ccccc1NC(=O)[C@@H](OC(=O)c1cccc(OC)c1)[C@@H](OC(=O)c1cccc(OC)c1)C(=O)O. The number of hydrogen-bond donors (Lipinski definition) is 2. The Morgan fingerprint density at radius 1 is 0.763 bits per heavy atom. The number of aliphatic carboxylic acids is 1. The van der Waals surface area contributed by atoms with E-state index in [-0.39, 0.29) is 11.1 Å². The average molecular weight is 522 g/mol. The van der Waals surface area contributed by atoms with Crippen LogP contribution in [0.1, 0.15) is 33.2 Å². The van der Waals surface area contributed by atoms with Gasteiger partial charge in [-0.2, -0.15) is 0 Å². The molecule has 3 rings (SSSR count). The smallest absolute Gasteiger partial charge is 0.349 e. The Bertz CT molecular complexity index is 1320. The Morgan fingerprint density at radius 3 is 1.79 bits per heavy atom. The van der Waals surface area contributed by atoms with Crippen LogP contribution in [0.15, 0.2) is 72.8 Å². The highest BCUT2D eigenvalue weighted by Crippen LogP contribution is 2.21. The maximum absolute atomic E-state index is 13.3. The quantitative estimate of drug-likeness (QED) is 0.361. The maximum atomic E-state index is 13.3. The second kappa shape index (κ2) is 12.9. The fourth-order valence-corrected chi connectivity index (χ4v) is 3.52. The molecule has 1 amide bonds. The Labute approximate surface area is 219 Å². The minimum Gasteiger partial charge on any atom is -0.497 e. The van der Waals surface area contributed by atoms with Gasteiger partial charge in [-0.1, -0.05) is 37.3 Å². The first kappa shape index (κ1) is 27.7. The summed E-state index contributed by atoms with van der Waals surface area (Å²) >= 11 is 0. The minimum absolute atomic E-state index is 0.000584. The van der Waals surface area contributed by atoms with Crippen molar-refractivity contribution in [3.8, 4) is 11.5 Å². The van der Waals surface area contributed by atoms with Gasteiger partial charge in [-0.05, 0) is 54.4 Å². The number of methoxy groups -OCH3 is 2. The zero-order valence-corrected chi connectivity index (χ0v) is 21.0. The van der Waals surface area contributed by atoms with E-state index in [1.165, 1.54) is 50.6 Å². The Balaban J connectivity index is 1.95. The molecule has 198 valence electrons. The summed E-state index contributed by atoms with van der Waals surface area (Å²) in [6.45, 7) is 1.88. The first-order valence-electron chi connectivity index (χ1n) is 11.6. The van der Waals surface area contributed by atoms with E-state index in [1.807, 2.05) is 6.92 Å². The number of anilines is 1. The summed E-state index contributed by atoms with van der Waals surface area (Å²) < 4.78 is 20.8. The molecule has 0 aliphatic heterocycles.